The lowest BCUT2D eigenvalue weighted by Crippen LogP contribution is -2.05. The Morgan fingerprint density at radius 1 is 1.45 bits per heavy atom. The van der Waals surface area contributed by atoms with Gasteiger partial charge in [0.05, 0.1) is 16.3 Å². The standard InChI is InChI=1S/C13H10BrCl2N3S/c1-7(15)12-18-10-4-8(14)5-17-13(10)19(12)6-9-2-3-11(16)20-9/h2-5,7H,6H2,1H3. The van der Waals surface area contributed by atoms with Gasteiger partial charge in [-0.05, 0) is 41.1 Å². The van der Waals surface area contributed by atoms with Gasteiger partial charge in [0.15, 0.2) is 5.65 Å². The fourth-order valence-corrected chi connectivity index (χ4v) is 3.62. The molecule has 3 aromatic rings. The van der Waals surface area contributed by atoms with Gasteiger partial charge in [-0.1, -0.05) is 11.6 Å². The van der Waals surface area contributed by atoms with Gasteiger partial charge in [0.2, 0.25) is 0 Å². The molecule has 0 N–H and O–H groups in total. The first-order valence-electron chi connectivity index (χ1n) is 5.94. The van der Waals surface area contributed by atoms with Crippen molar-refractivity contribution in [2.24, 2.45) is 0 Å². The van der Waals surface area contributed by atoms with Crippen molar-refractivity contribution in [3.05, 3.63) is 43.9 Å². The van der Waals surface area contributed by atoms with Crippen molar-refractivity contribution in [2.75, 3.05) is 0 Å². The number of aromatic nitrogens is 3. The fourth-order valence-electron chi connectivity index (χ4n) is 2.06. The van der Waals surface area contributed by atoms with Crippen LogP contribution < -0.4 is 0 Å². The number of alkyl halides is 1. The summed E-state index contributed by atoms with van der Waals surface area (Å²) in [6, 6.07) is 5.86. The molecule has 0 spiro atoms. The Labute approximate surface area is 138 Å². The van der Waals surface area contributed by atoms with Crippen LogP contribution in [0, 0.1) is 0 Å². The van der Waals surface area contributed by atoms with Gasteiger partial charge in [0, 0.05) is 15.5 Å². The van der Waals surface area contributed by atoms with E-state index in [0.717, 1.165) is 30.7 Å². The van der Waals surface area contributed by atoms with Crippen LogP contribution in [-0.2, 0) is 6.54 Å². The first-order chi connectivity index (χ1) is 9.54. The molecule has 3 heterocycles. The maximum absolute atomic E-state index is 6.25. The Morgan fingerprint density at radius 3 is 2.90 bits per heavy atom. The molecular weight excluding hydrogens is 381 g/mol. The van der Waals surface area contributed by atoms with Gasteiger partial charge in [0.1, 0.15) is 11.3 Å². The number of rotatable bonds is 3. The normalized spacial score (nSPS) is 13.0. The Balaban J connectivity index is 2.13. The number of pyridine rings is 1. The molecule has 0 saturated carbocycles. The van der Waals surface area contributed by atoms with E-state index in [-0.39, 0.29) is 5.38 Å². The molecule has 1 atom stereocenters. The molecule has 0 bridgehead atoms. The van der Waals surface area contributed by atoms with Crippen LogP contribution in [0.1, 0.15) is 23.0 Å². The number of hydrogen-bond donors (Lipinski definition) is 0. The predicted molar refractivity (Wildman–Crippen MR) is 87.9 cm³/mol. The summed E-state index contributed by atoms with van der Waals surface area (Å²) in [6.07, 6.45) is 1.77. The van der Waals surface area contributed by atoms with Gasteiger partial charge in [-0.25, -0.2) is 9.97 Å². The van der Waals surface area contributed by atoms with Crippen molar-refractivity contribution in [2.45, 2.75) is 18.8 Å². The third kappa shape index (κ3) is 2.72. The molecule has 7 heteroatoms. The third-order valence-corrected chi connectivity index (χ3v) is 4.72. The topological polar surface area (TPSA) is 30.7 Å². The van der Waals surface area contributed by atoms with Crippen LogP contribution in [0.2, 0.25) is 4.34 Å². The van der Waals surface area contributed by atoms with E-state index < -0.39 is 0 Å². The van der Waals surface area contributed by atoms with Crippen molar-refractivity contribution in [1.29, 1.82) is 0 Å². The number of fused-ring (bicyclic) bond motifs is 1. The largest absolute Gasteiger partial charge is 0.306 e. The highest BCUT2D eigenvalue weighted by atomic mass is 79.9. The number of thiophene rings is 1. The van der Waals surface area contributed by atoms with Crippen molar-refractivity contribution in [1.82, 2.24) is 14.5 Å². The van der Waals surface area contributed by atoms with Crippen LogP contribution in [0.15, 0.2) is 28.9 Å². The summed E-state index contributed by atoms with van der Waals surface area (Å²) in [5.74, 6) is 0.816. The highest BCUT2D eigenvalue weighted by molar-refractivity contribution is 9.10. The predicted octanol–water partition coefficient (Wildman–Crippen LogP) is 5.26. The molecule has 0 radical (unpaired) electrons. The van der Waals surface area contributed by atoms with Crippen LogP contribution in [0.5, 0.6) is 0 Å². The van der Waals surface area contributed by atoms with Crippen LogP contribution in [0.4, 0.5) is 0 Å². The number of nitrogens with zero attached hydrogens (tertiary/aromatic N) is 3. The lowest BCUT2D eigenvalue weighted by Gasteiger charge is -2.08. The maximum Gasteiger partial charge on any atom is 0.160 e. The molecule has 1 unspecified atom stereocenters. The van der Waals surface area contributed by atoms with Crippen LogP contribution in [-0.4, -0.2) is 14.5 Å². The van der Waals surface area contributed by atoms with Gasteiger partial charge in [0.25, 0.3) is 0 Å². The minimum atomic E-state index is -0.182. The molecule has 0 saturated heterocycles. The second-order valence-electron chi connectivity index (χ2n) is 4.37. The summed E-state index contributed by atoms with van der Waals surface area (Å²) in [5.41, 5.74) is 1.67. The van der Waals surface area contributed by atoms with E-state index in [1.807, 2.05) is 29.7 Å². The Kier molecular flexibility index (Phi) is 4.04. The zero-order valence-corrected chi connectivity index (χ0v) is 14.4. The van der Waals surface area contributed by atoms with Gasteiger partial charge < -0.3 is 4.57 Å². The molecule has 0 fully saturated rings. The van der Waals surface area contributed by atoms with E-state index in [0.29, 0.717) is 6.54 Å². The summed E-state index contributed by atoms with van der Waals surface area (Å²) in [4.78, 5) is 10.2. The third-order valence-electron chi connectivity index (χ3n) is 2.88. The number of imidazole rings is 1. The summed E-state index contributed by atoms with van der Waals surface area (Å²) in [7, 11) is 0. The molecule has 0 aliphatic carbocycles. The van der Waals surface area contributed by atoms with E-state index >= 15 is 0 Å². The smallest absolute Gasteiger partial charge is 0.160 e. The molecule has 0 aromatic carbocycles. The van der Waals surface area contributed by atoms with Crippen molar-refractivity contribution < 1.29 is 0 Å². The Bertz CT molecular complexity index is 766. The Morgan fingerprint density at radius 2 is 2.25 bits per heavy atom. The molecule has 0 aliphatic rings. The van der Waals surface area contributed by atoms with E-state index in [1.165, 1.54) is 0 Å². The zero-order chi connectivity index (χ0) is 14.3. The number of halogens is 3. The molecule has 20 heavy (non-hydrogen) atoms. The lowest BCUT2D eigenvalue weighted by atomic mass is 10.4. The lowest BCUT2D eigenvalue weighted by molar-refractivity contribution is 0.744. The quantitative estimate of drug-likeness (QED) is 0.571. The minimum Gasteiger partial charge on any atom is -0.306 e. The van der Waals surface area contributed by atoms with Crippen LogP contribution in [0.3, 0.4) is 0 Å². The maximum atomic E-state index is 6.25. The van der Waals surface area contributed by atoms with E-state index in [2.05, 4.69) is 25.9 Å². The SMILES string of the molecule is CC(Cl)c1nc2cc(Br)cnc2n1Cc1ccc(Cl)s1. The molecular formula is C13H10BrCl2N3S. The molecule has 104 valence electrons. The van der Waals surface area contributed by atoms with Crippen LogP contribution in [0.25, 0.3) is 11.2 Å². The van der Waals surface area contributed by atoms with Crippen molar-refractivity contribution >= 4 is 61.6 Å². The number of hydrogen-bond acceptors (Lipinski definition) is 3. The van der Waals surface area contributed by atoms with Gasteiger partial charge in [-0.2, -0.15) is 0 Å². The van der Waals surface area contributed by atoms with E-state index in [1.54, 1.807) is 17.5 Å². The van der Waals surface area contributed by atoms with E-state index in [4.69, 9.17) is 23.2 Å². The summed E-state index contributed by atoms with van der Waals surface area (Å²) in [6.45, 7) is 2.59. The summed E-state index contributed by atoms with van der Waals surface area (Å²) in [5, 5.41) is -0.182. The first-order valence-corrected chi connectivity index (χ1v) is 8.37. The second kappa shape index (κ2) is 5.64. The summed E-state index contributed by atoms with van der Waals surface area (Å²) < 4.78 is 3.73. The summed E-state index contributed by atoms with van der Waals surface area (Å²) >= 11 is 17.2. The van der Waals surface area contributed by atoms with Gasteiger partial charge in [-0.3, -0.25) is 0 Å². The van der Waals surface area contributed by atoms with Crippen LogP contribution >= 0.6 is 50.5 Å². The van der Waals surface area contributed by atoms with Crippen molar-refractivity contribution in [3.8, 4) is 0 Å². The van der Waals surface area contributed by atoms with Gasteiger partial charge in [-0.15, -0.1) is 22.9 Å². The highest BCUT2D eigenvalue weighted by Gasteiger charge is 2.17. The molecule has 0 aliphatic heterocycles. The average Bonchev–Trinajstić information content (AvgIpc) is 2.94. The average molecular weight is 391 g/mol. The monoisotopic (exact) mass is 389 g/mol. The zero-order valence-electron chi connectivity index (χ0n) is 10.5. The minimum absolute atomic E-state index is 0.182. The fraction of sp³-hybridized carbons (Fsp3) is 0.231. The molecule has 3 rings (SSSR count). The van der Waals surface area contributed by atoms with E-state index in [9.17, 15) is 0 Å². The van der Waals surface area contributed by atoms with Crippen molar-refractivity contribution in [3.63, 3.8) is 0 Å². The molecule has 0 amide bonds. The highest BCUT2D eigenvalue weighted by Crippen LogP contribution is 2.28. The van der Waals surface area contributed by atoms with Gasteiger partial charge >= 0.3 is 0 Å². The Hall–Kier alpha value is -0.620. The second-order valence-corrected chi connectivity index (χ2v) is 7.74. The first kappa shape index (κ1) is 14.3. The molecule has 3 aromatic heterocycles. The molecule has 3 nitrogen and oxygen atoms in total.